The van der Waals surface area contributed by atoms with E-state index < -0.39 is 0 Å². The molecule has 0 aliphatic rings. The van der Waals surface area contributed by atoms with Crippen LogP contribution >= 0.6 is 23.4 Å². The first-order valence-corrected chi connectivity index (χ1v) is 10.5. The molecule has 2 aromatic carbocycles. The molecule has 31 heavy (non-hydrogen) atoms. The van der Waals surface area contributed by atoms with Gasteiger partial charge in [-0.3, -0.25) is 14.4 Å². The number of H-pyrrole nitrogens is 1. The van der Waals surface area contributed by atoms with Gasteiger partial charge in [0, 0.05) is 16.3 Å². The number of aromatic amines is 1. The largest absolute Gasteiger partial charge is 0.325 e. The number of benzene rings is 2. The third kappa shape index (κ3) is 4.68. The first-order chi connectivity index (χ1) is 14.9. The number of Topliss-reactive ketones (excluding diaryl/α,β-unsaturated/α-hetero) is 1. The Hall–Kier alpha value is -3.43. The minimum Gasteiger partial charge on any atom is -0.325 e. The highest BCUT2D eigenvalue weighted by molar-refractivity contribution is 7.99. The summed E-state index contributed by atoms with van der Waals surface area (Å²) in [6.07, 6.45) is 1.44. The van der Waals surface area contributed by atoms with Crippen molar-refractivity contribution in [3.63, 3.8) is 0 Å². The van der Waals surface area contributed by atoms with Crippen molar-refractivity contribution in [1.82, 2.24) is 19.7 Å². The zero-order chi connectivity index (χ0) is 22.0. The number of nitrogens with zero attached hydrogens (tertiary/aromatic N) is 3. The number of hydrogen-bond donors (Lipinski definition) is 2. The molecule has 2 heterocycles. The normalized spacial score (nSPS) is 10.9. The molecule has 0 atom stereocenters. The van der Waals surface area contributed by atoms with E-state index in [4.69, 9.17) is 11.6 Å². The summed E-state index contributed by atoms with van der Waals surface area (Å²) in [5.41, 5.74) is 1.84. The van der Waals surface area contributed by atoms with E-state index in [0.29, 0.717) is 38.2 Å². The van der Waals surface area contributed by atoms with Crippen molar-refractivity contribution in [2.45, 2.75) is 12.1 Å². The Morgan fingerprint density at radius 1 is 1.19 bits per heavy atom. The van der Waals surface area contributed by atoms with Crippen LogP contribution in [-0.2, 0) is 4.79 Å². The second kappa shape index (κ2) is 8.75. The number of nitrogens with one attached hydrogen (secondary N) is 2. The average Bonchev–Trinajstić information content (AvgIpc) is 3.17. The third-order valence-corrected chi connectivity index (χ3v) is 5.49. The van der Waals surface area contributed by atoms with Gasteiger partial charge in [0.2, 0.25) is 5.91 Å². The number of carbonyl (C=O) groups is 2. The molecule has 2 aromatic heterocycles. The molecule has 0 fully saturated rings. The highest BCUT2D eigenvalue weighted by atomic mass is 35.5. The van der Waals surface area contributed by atoms with Crippen LogP contribution in [0.1, 0.15) is 17.3 Å². The Kier molecular flexibility index (Phi) is 5.88. The highest BCUT2D eigenvalue weighted by Crippen LogP contribution is 2.20. The van der Waals surface area contributed by atoms with Gasteiger partial charge in [-0.2, -0.15) is 5.10 Å². The summed E-state index contributed by atoms with van der Waals surface area (Å²) in [7, 11) is 0. The molecule has 1 amide bonds. The molecule has 10 heteroatoms. The second-order valence-electron chi connectivity index (χ2n) is 6.61. The predicted molar refractivity (Wildman–Crippen MR) is 120 cm³/mol. The van der Waals surface area contributed by atoms with E-state index in [-0.39, 0.29) is 23.0 Å². The number of amides is 1. The molecule has 0 saturated carbocycles. The number of thioether (sulfide) groups is 1. The summed E-state index contributed by atoms with van der Waals surface area (Å²) in [6, 6.07) is 13.7. The molecule has 8 nitrogen and oxygen atoms in total. The molecule has 0 spiro atoms. The van der Waals surface area contributed by atoms with Crippen molar-refractivity contribution in [3.05, 3.63) is 75.7 Å². The number of aromatic nitrogens is 4. The maximum absolute atomic E-state index is 12.4. The van der Waals surface area contributed by atoms with Crippen LogP contribution in [0.3, 0.4) is 0 Å². The molecule has 2 N–H and O–H groups in total. The van der Waals surface area contributed by atoms with Gasteiger partial charge in [0.05, 0.1) is 17.6 Å². The van der Waals surface area contributed by atoms with Crippen molar-refractivity contribution in [3.8, 4) is 5.69 Å². The monoisotopic (exact) mass is 453 g/mol. The van der Waals surface area contributed by atoms with E-state index in [1.54, 1.807) is 48.5 Å². The highest BCUT2D eigenvalue weighted by Gasteiger charge is 2.13. The van der Waals surface area contributed by atoms with Gasteiger partial charge < -0.3 is 10.3 Å². The lowest BCUT2D eigenvalue weighted by Crippen LogP contribution is -2.15. The molecule has 0 unspecified atom stereocenters. The van der Waals surface area contributed by atoms with Crippen LogP contribution in [0, 0.1) is 0 Å². The van der Waals surface area contributed by atoms with Crippen LogP contribution in [-0.4, -0.2) is 37.2 Å². The van der Waals surface area contributed by atoms with Crippen molar-refractivity contribution in [2.24, 2.45) is 0 Å². The second-order valence-corrected chi connectivity index (χ2v) is 8.02. The third-order valence-electron chi connectivity index (χ3n) is 4.38. The van der Waals surface area contributed by atoms with Crippen molar-refractivity contribution in [2.75, 3.05) is 11.1 Å². The summed E-state index contributed by atoms with van der Waals surface area (Å²) in [5, 5.41) is 8.15. The molecular weight excluding hydrogens is 438 g/mol. The van der Waals surface area contributed by atoms with Gasteiger partial charge >= 0.3 is 0 Å². The van der Waals surface area contributed by atoms with E-state index in [0.717, 1.165) is 11.8 Å². The van der Waals surface area contributed by atoms with Crippen molar-refractivity contribution >= 4 is 51.8 Å². The van der Waals surface area contributed by atoms with E-state index >= 15 is 0 Å². The Bertz CT molecular complexity index is 1350. The maximum atomic E-state index is 12.4. The Morgan fingerprint density at radius 2 is 1.97 bits per heavy atom. The van der Waals surface area contributed by atoms with Crippen LogP contribution in [0.15, 0.2) is 64.7 Å². The topological polar surface area (TPSA) is 110 Å². The molecule has 0 saturated heterocycles. The average molecular weight is 454 g/mol. The van der Waals surface area contributed by atoms with Crippen molar-refractivity contribution < 1.29 is 9.59 Å². The van der Waals surface area contributed by atoms with E-state index in [1.807, 2.05) is 0 Å². The number of hydrogen-bond acceptors (Lipinski definition) is 6. The zero-order valence-corrected chi connectivity index (χ0v) is 17.8. The van der Waals surface area contributed by atoms with Crippen LogP contribution in [0.2, 0.25) is 5.02 Å². The molecule has 0 aliphatic heterocycles. The van der Waals surface area contributed by atoms with Gasteiger partial charge in [-0.25, -0.2) is 9.67 Å². The molecule has 0 aliphatic carbocycles. The zero-order valence-electron chi connectivity index (χ0n) is 16.3. The fourth-order valence-corrected chi connectivity index (χ4v) is 3.72. The molecule has 0 radical (unpaired) electrons. The molecule has 4 aromatic rings. The number of ketones is 1. The van der Waals surface area contributed by atoms with Gasteiger partial charge in [-0.05, 0) is 49.4 Å². The quantitative estimate of drug-likeness (QED) is 0.262. The fraction of sp³-hybridized carbons (Fsp3) is 0.0952. The minimum atomic E-state index is -0.346. The van der Waals surface area contributed by atoms with E-state index in [2.05, 4.69) is 20.4 Å². The van der Waals surface area contributed by atoms with Crippen LogP contribution in [0.25, 0.3) is 16.7 Å². The van der Waals surface area contributed by atoms with Gasteiger partial charge in [0.25, 0.3) is 5.56 Å². The SMILES string of the molecule is CC(=O)c1ccc(NC(=O)CSc2nc3c(cnn3-c3cccc(Cl)c3)c(=O)[nH]2)cc1. The summed E-state index contributed by atoms with van der Waals surface area (Å²) < 4.78 is 1.52. The Labute approximate surface area is 185 Å². The predicted octanol–water partition coefficient (Wildman–Crippen LogP) is 3.70. The van der Waals surface area contributed by atoms with Crippen LogP contribution in [0.4, 0.5) is 5.69 Å². The van der Waals surface area contributed by atoms with Gasteiger partial charge in [-0.15, -0.1) is 0 Å². The van der Waals surface area contributed by atoms with E-state index in [1.165, 1.54) is 17.8 Å². The maximum Gasteiger partial charge on any atom is 0.262 e. The summed E-state index contributed by atoms with van der Waals surface area (Å²) in [5.74, 6) is -0.281. The number of halogens is 1. The minimum absolute atomic E-state index is 0.0359. The standard InChI is InChI=1S/C21H16ClN5O3S/c1-12(28)13-5-7-15(8-6-13)24-18(29)11-31-21-25-19-17(20(30)26-21)10-23-27(19)16-4-2-3-14(22)9-16/h2-10H,11H2,1H3,(H,24,29)(H,25,26,30). The number of rotatable bonds is 6. The van der Waals surface area contributed by atoms with Crippen LogP contribution < -0.4 is 10.9 Å². The summed E-state index contributed by atoms with van der Waals surface area (Å²) >= 11 is 7.15. The fourth-order valence-electron chi connectivity index (χ4n) is 2.88. The van der Waals surface area contributed by atoms with Crippen molar-refractivity contribution in [1.29, 1.82) is 0 Å². The van der Waals surface area contributed by atoms with Gasteiger partial charge in [0.15, 0.2) is 16.6 Å². The number of fused-ring (bicyclic) bond motifs is 1. The number of anilines is 1. The summed E-state index contributed by atoms with van der Waals surface area (Å²) in [4.78, 5) is 43.2. The molecular formula is C21H16ClN5O3S. The first kappa shape index (κ1) is 20.8. The first-order valence-electron chi connectivity index (χ1n) is 9.18. The Morgan fingerprint density at radius 3 is 2.68 bits per heavy atom. The van der Waals surface area contributed by atoms with Gasteiger partial charge in [0.1, 0.15) is 5.39 Å². The molecule has 156 valence electrons. The Balaban J connectivity index is 1.51. The smallest absolute Gasteiger partial charge is 0.262 e. The van der Waals surface area contributed by atoms with E-state index in [9.17, 15) is 14.4 Å². The van der Waals surface area contributed by atoms with Gasteiger partial charge in [-0.1, -0.05) is 29.4 Å². The lowest BCUT2D eigenvalue weighted by atomic mass is 10.1. The van der Waals surface area contributed by atoms with Crippen LogP contribution in [0.5, 0.6) is 0 Å². The molecule has 4 rings (SSSR count). The lowest BCUT2D eigenvalue weighted by Gasteiger charge is -2.06. The number of carbonyl (C=O) groups excluding carboxylic acids is 2. The molecule has 0 bridgehead atoms. The summed E-state index contributed by atoms with van der Waals surface area (Å²) in [6.45, 7) is 1.48. The lowest BCUT2D eigenvalue weighted by molar-refractivity contribution is -0.113.